The van der Waals surface area contributed by atoms with Gasteiger partial charge in [0.15, 0.2) is 0 Å². The van der Waals surface area contributed by atoms with Crippen LogP contribution in [0.5, 0.6) is 0 Å². The summed E-state index contributed by atoms with van der Waals surface area (Å²) in [6, 6.07) is 2.54. The minimum atomic E-state index is -4.27. The number of rotatable bonds is 0. The van der Waals surface area contributed by atoms with Crippen LogP contribution in [0.3, 0.4) is 0 Å². The predicted molar refractivity (Wildman–Crippen MR) is 56.6 cm³/mol. The minimum absolute atomic E-state index is 0.236. The molecule has 0 atom stereocenters. The second-order valence-electron chi connectivity index (χ2n) is 2.53. The van der Waals surface area contributed by atoms with Crippen LogP contribution in [0.15, 0.2) is 16.6 Å². The zero-order chi connectivity index (χ0) is 10.2. The fourth-order valence-corrected chi connectivity index (χ4v) is 1.89. The van der Waals surface area contributed by atoms with Crippen LogP contribution in [0.4, 0.5) is 13.2 Å². The molecule has 13 heavy (non-hydrogen) atoms. The Morgan fingerprint density at radius 3 is 2.31 bits per heavy atom. The van der Waals surface area contributed by atoms with Crippen molar-refractivity contribution in [2.24, 2.45) is 0 Å². The molecule has 72 valence electrons. The maximum absolute atomic E-state index is 12.3. The van der Waals surface area contributed by atoms with Crippen LogP contribution in [-0.2, 0) is 6.18 Å². The van der Waals surface area contributed by atoms with Crippen molar-refractivity contribution in [3.8, 4) is 0 Å². The van der Waals surface area contributed by atoms with Crippen molar-refractivity contribution >= 4 is 38.5 Å². The van der Waals surface area contributed by atoms with Gasteiger partial charge in [0, 0.05) is 8.04 Å². The van der Waals surface area contributed by atoms with Crippen molar-refractivity contribution in [2.75, 3.05) is 0 Å². The Hall–Kier alpha value is 0.220. The molecule has 1 aromatic carbocycles. The Bertz CT molecular complexity index is 333. The van der Waals surface area contributed by atoms with Gasteiger partial charge < -0.3 is 0 Å². The quantitative estimate of drug-likeness (QED) is 0.599. The van der Waals surface area contributed by atoms with Gasteiger partial charge >= 0.3 is 6.18 Å². The first-order chi connectivity index (χ1) is 5.84. The molecule has 0 aromatic heterocycles. The fourth-order valence-electron chi connectivity index (χ4n) is 0.959. The standard InChI is InChI=1S/C8H5BrF3I/c1-4-5(8(10,11)12)2-3-6(13)7(4)9/h2-3H,1H3. The zero-order valence-corrected chi connectivity index (χ0v) is 10.3. The Labute approximate surface area is 95.8 Å². The van der Waals surface area contributed by atoms with Gasteiger partial charge in [-0.1, -0.05) is 0 Å². The van der Waals surface area contributed by atoms with E-state index in [9.17, 15) is 13.2 Å². The van der Waals surface area contributed by atoms with E-state index in [1.807, 2.05) is 22.6 Å². The third kappa shape index (κ3) is 2.37. The molecule has 0 aliphatic heterocycles. The van der Waals surface area contributed by atoms with Crippen LogP contribution in [-0.4, -0.2) is 0 Å². The lowest BCUT2D eigenvalue weighted by molar-refractivity contribution is -0.138. The highest BCUT2D eigenvalue weighted by Crippen LogP contribution is 2.36. The van der Waals surface area contributed by atoms with E-state index in [0.717, 1.165) is 9.64 Å². The van der Waals surface area contributed by atoms with E-state index in [1.165, 1.54) is 13.0 Å². The maximum atomic E-state index is 12.3. The van der Waals surface area contributed by atoms with Gasteiger partial charge in [-0.2, -0.15) is 13.2 Å². The van der Waals surface area contributed by atoms with Crippen molar-refractivity contribution in [3.05, 3.63) is 31.3 Å². The molecule has 0 radical (unpaired) electrons. The number of hydrogen-bond acceptors (Lipinski definition) is 0. The molecule has 0 aliphatic carbocycles. The molecule has 0 unspecified atom stereocenters. The molecule has 0 amide bonds. The summed E-state index contributed by atoms with van der Waals surface area (Å²) < 4.78 is 38.3. The van der Waals surface area contributed by atoms with E-state index in [-0.39, 0.29) is 5.56 Å². The molecule has 0 saturated carbocycles. The first kappa shape index (κ1) is 11.3. The average Bonchev–Trinajstić information content (AvgIpc) is 1.98. The second-order valence-corrected chi connectivity index (χ2v) is 4.49. The average molecular weight is 365 g/mol. The van der Waals surface area contributed by atoms with Crippen molar-refractivity contribution in [3.63, 3.8) is 0 Å². The van der Waals surface area contributed by atoms with Crippen molar-refractivity contribution in [1.29, 1.82) is 0 Å². The minimum Gasteiger partial charge on any atom is -0.166 e. The van der Waals surface area contributed by atoms with E-state index >= 15 is 0 Å². The molecule has 0 aliphatic rings. The SMILES string of the molecule is Cc1c(C(F)(F)F)ccc(I)c1Br. The van der Waals surface area contributed by atoms with Gasteiger partial charge in [-0.15, -0.1) is 0 Å². The molecule has 0 nitrogen and oxygen atoms in total. The predicted octanol–water partition coefficient (Wildman–Crippen LogP) is 4.38. The first-order valence-corrected chi connectivity index (χ1v) is 5.23. The monoisotopic (exact) mass is 364 g/mol. The molecular formula is C8H5BrF3I. The second kappa shape index (κ2) is 3.76. The van der Waals surface area contributed by atoms with Crippen LogP contribution < -0.4 is 0 Å². The highest BCUT2D eigenvalue weighted by molar-refractivity contribution is 14.1. The van der Waals surface area contributed by atoms with E-state index < -0.39 is 11.7 Å². The van der Waals surface area contributed by atoms with Gasteiger partial charge in [-0.25, -0.2) is 0 Å². The van der Waals surface area contributed by atoms with Gasteiger partial charge in [0.1, 0.15) is 0 Å². The van der Waals surface area contributed by atoms with Crippen LogP contribution in [0, 0.1) is 10.5 Å². The van der Waals surface area contributed by atoms with Gasteiger partial charge in [0.05, 0.1) is 5.56 Å². The molecule has 1 aromatic rings. The summed E-state index contributed by atoms with van der Waals surface area (Å²) in [5.41, 5.74) is -0.348. The van der Waals surface area contributed by atoms with Crippen LogP contribution in [0.25, 0.3) is 0 Å². The topological polar surface area (TPSA) is 0 Å². The summed E-state index contributed by atoms with van der Waals surface area (Å²) in [7, 11) is 0. The van der Waals surface area contributed by atoms with E-state index in [4.69, 9.17) is 0 Å². The van der Waals surface area contributed by atoms with Gasteiger partial charge in [-0.05, 0) is 63.1 Å². The molecule has 0 heterocycles. The summed E-state index contributed by atoms with van der Waals surface area (Å²) in [4.78, 5) is 0. The summed E-state index contributed by atoms with van der Waals surface area (Å²) in [5.74, 6) is 0. The number of benzene rings is 1. The Balaban J connectivity index is 3.35. The molecule has 0 fully saturated rings. The van der Waals surface area contributed by atoms with Crippen molar-refractivity contribution < 1.29 is 13.2 Å². The lowest BCUT2D eigenvalue weighted by atomic mass is 10.1. The van der Waals surface area contributed by atoms with Crippen LogP contribution >= 0.6 is 38.5 Å². The Kier molecular flexibility index (Phi) is 3.27. The molecule has 0 bridgehead atoms. The summed E-state index contributed by atoms with van der Waals surface area (Å²) in [5, 5.41) is 0. The van der Waals surface area contributed by atoms with Crippen molar-refractivity contribution in [2.45, 2.75) is 13.1 Å². The molecule has 0 N–H and O–H groups in total. The van der Waals surface area contributed by atoms with Crippen LogP contribution in [0.1, 0.15) is 11.1 Å². The molecule has 5 heteroatoms. The van der Waals surface area contributed by atoms with Crippen LogP contribution in [0.2, 0.25) is 0 Å². The van der Waals surface area contributed by atoms with Gasteiger partial charge in [0.25, 0.3) is 0 Å². The lowest BCUT2D eigenvalue weighted by Crippen LogP contribution is -2.08. The first-order valence-electron chi connectivity index (χ1n) is 3.36. The van der Waals surface area contributed by atoms with Crippen molar-refractivity contribution in [1.82, 2.24) is 0 Å². The highest BCUT2D eigenvalue weighted by Gasteiger charge is 2.33. The number of halogens is 5. The smallest absolute Gasteiger partial charge is 0.166 e. The lowest BCUT2D eigenvalue weighted by Gasteiger charge is -2.11. The Morgan fingerprint density at radius 1 is 1.31 bits per heavy atom. The molecule has 0 saturated heterocycles. The van der Waals surface area contributed by atoms with Gasteiger partial charge in [0.2, 0.25) is 0 Å². The zero-order valence-electron chi connectivity index (χ0n) is 6.54. The van der Waals surface area contributed by atoms with Gasteiger partial charge in [-0.3, -0.25) is 0 Å². The van der Waals surface area contributed by atoms with E-state index in [1.54, 1.807) is 0 Å². The fraction of sp³-hybridized carbons (Fsp3) is 0.250. The largest absolute Gasteiger partial charge is 0.416 e. The molecular weight excluding hydrogens is 360 g/mol. The van der Waals surface area contributed by atoms with E-state index in [0.29, 0.717) is 4.47 Å². The summed E-state index contributed by atoms with van der Waals surface area (Å²) in [6.07, 6.45) is -4.27. The van der Waals surface area contributed by atoms with E-state index in [2.05, 4.69) is 15.9 Å². The normalized spacial score (nSPS) is 11.8. The summed E-state index contributed by atoms with van der Waals surface area (Å²) >= 11 is 5.10. The number of hydrogen-bond donors (Lipinski definition) is 0. The molecule has 0 spiro atoms. The molecule has 1 rings (SSSR count). The highest BCUT2D eigenvalue weighted by atomic mass is 127. The summed E-state index contributed by atoms with van der Waals surface area (Å²) in [6.45, 7) is 1.45. The maximum Gasteiger partial charge on any atom is 0.416 e. The number of alkyl halides is 3. The third-order valence-corrected chi connectivity index (χ3v) is 4.31. The third-order valence-electron chi connectivity index (χ3n) is 1.64. The Morgan fingerprint density at radius 2 is 1.85 bits per heavy atom.